The van der Waals surface area contributed by atoms with Crippen molar-refractivity contribution in [3.8, 4) is 5.75 Å². The van der Waals surface area contributed by atoms with Crippen molar-refractivity contribution in [1.82, 2.24) is 10.2 Å². The summed E-state index contributed by atoms with van der Waals surface area (Å²) in [6, 6.07) is 10.2. The molecule has 0 aliphatic carbocycles. The monoisotopic (exact) mass is 435 g/mol. The highest BCUT2D eigenvalue weighted by Crippen LogP contribution is 2.35. The van der Waals surface area contributed by atoms with Gasteiger partial charge in [-0.3, -0.25) is 14.5 Å². The Morgan fingerprint density at radius 3 is 2.35 bits per heavy atom. The molecule has 1 fully saturated rings. The largest absolute Gasteiger partial charge is 0.497 e. The van der Waals surface area contributed by atoms with E-state index < -0.39 is 47.4 Å². The van der Waals surface area contributed by atoms with Gasteiger partial charge in [-0.2, -0.15) is 13.2 Å². The predicted molar refractivity (Wildman–Crippen MR) is 105 cm³/mol. The van der Waals surface area contributed by atoms with E-state index >= 15 is 0 Å². The van der Waals surface area contributed by atoms with Crippen molar-refractivity contribution in [3.63, 3.8) is 0 Å². The number of carbonyl (C=O) groups excluding carboxylic acids is 3. The number of para-hydroxylation sites is 1. The standard InChI is InChI=1S/C21H20F3N3O4/c1-3-20(13-8-10-14(31-2)11-9-13)18(29)27(19(30)26-20)12-17(28)25-16-7-5-4-6-15(16)21(22,23)24/h4-11H,3,12H2,1-2H3,(H,25,28)(H,26,30). The van der Waals surface area contributed by atoms with E-state index in [9.17, 15) is 27.6 Å². The number of ether oxygens (including phenoxy) is 1. The van der Waals surface area contributed by atoms with E-state index in [1.165, 1.54) is 19.2 Å². The van der Waals surface area contributed by atoms with Gasteiger partial charge in [-0.25, -0.2) is 4.79 Å². The second-order valence-electron chi connectivity index (χ2n) is 6.90. The van der Waals surface area contributed by atoms with E-state index in [1.54, 1.807) is 31.2 Å². The van der Waals surface area contributed by atoms with Crippen LogP contribution in [0.25, 0.3) is 0 Å². The number of urea groups is 1. The SMILES string of the molecule is CCC1(c2ccc(OC)cc2)NC(=O)N(CC(=O)Nc2ccccc2C(F)(F)F)C1=O. The van der Waals surface area contributed by atoms with Crippen molar-refractivity contribution in [1.29, 1.82) is 0 Å². The number of imide groups is 1. The Kier molecular flexibility index (Phi) is 5.92. The maximum absolute atomic E-state index is 13.1. The molecule has 31 heavy (non-hydrogen) atoms. The van der Waals surface area contributed by atoms with Gasteiger partial charge in [-0.05, 0) is 36.2 Å². The summed E-state index contributed by atoms with van der Waals surface area (Å²) in [6.45, 7) is 0.973. The van der Waals surface area contributed by atoms with Crippen LogP contribution in [0.5, 0.6) is 5.75 Å². The summed E-state index contributed by atoms with van der Waals surface area (Å²) in [7, 11) is 1.49. The second kappa shape index (κ2) is 8.29. The van der Waals surface area contributed by atoms with Crippen molar-refractivity contribution in [2.75, 3.05) is 19.0 Å². The van der Waals surface area contributed by atoms with Crippen LogP contribution in [-0.2, 0) is 21.3 Å². The normalized spacial score (nSPS) is 18.7. The minimum Gasteiger partial charge on any atom is -0.497 e. The number of anilines is 1. The van der Waals surface area contributed by atoms with Gasteiger partial charge in [-0.15, -0.1) is 0 Å². The quantitative estimate of drug-likeness (QED) is 0.680. The summed E-state index contributed by atoms with van der Waals surface area (Å²) < 4.78 is 44.5. The fourth-order valence-corrected chi connectivity index (χ4v) is 3.46. The van der Waals surface area contributed by atoms with Crippen molar-refractivity contribution in [2.24, 2.45) is 0 Å². The summed E-state index contributed by atoms with van der Waals surface area (Å²) in [5.74, 6) is -1.03. The number of hydrogen-bond acceptors (Lipinski definition) is 4. The van der Waals surface area contributed by atoms with E-state index in [2.05, 4.69) is 10.6 Å². The van der Waals surface area contributed by atoms with Gasteiger partial charge < -0.3 is 15.4 Å². The van der Waals surface area contributed by atoms with E-state index in [1.807, 2.05) is 0 Å². The van der Waals surface area contributed by atoms with Gasteiger partial charge in [0.05, 0.1) is 18.4 Å². The molecule has 0 bridgehead atoms. The Morgan fingerprint density at radius 2 is 1.77 bits per heavy atom. The minimum absolute atomic E-state index is 0.207. The molecule has 164 valence electrons. The fourth-order valence-electron chi connectivity index (χ4n) is 3.46. The molecular formula is C21H20F3N3O4. The summed E-state index contributed by atoms with van der Waals surface area (Å²) in [6.07, 6.45) is -4.46. The maximum Gasteiger partial charge on any atom is 0.418 e. The number of benzene rings is 2. The first kappa shape index (κ1) is 22.1. The lowest BCUT2D eigenvalue weighted by atomic mass is 9.87. The zero-order valence-corrected chi connectivity index (χ0v) is 16.7. The topological polar surface area (TPSA) is 87.7 Å². The van der Waals surface area contributed by atoms with Gasteiger partial charge in [0.2, 0.25) is 5.91 Å². The third-order valence-electron chi connectivity index (χ3n) is 5.10. The van der Waals surface area contributed by atoms with Crippen LogP contribution < -0.4 is 15.4 Å². The van der Waals surface area contributed by atoms with E-state index in [0.29, 0.717) is 16.2 Å². The number of methoxy groups -OCH3 is 1. The highest BCUT2D eigenvalue weighted by atomic mass is 19.4. The van der Waals surface area contributed by atoms with Crippen LogP contribution in [0.3, 0.4) is 0 Å². The van der Waals surface area contributed by atoms with Crippen molar-refractivity contribution >= 4 is 23.5 Å². The Hall–Kier alpha value is -3.56. The summed E-state index contributed by atoms with van der Waals surface area (Å²) in [5, 5.41) is 4.75. The van der Waals surface area contributed by atoms with Gasteiger partial charge in [0.15, 0.2) is 0 Å². The molecule has 0 aromatic heterocycles. The maximum atomic E-state index is 13.1. The zero-order valence-electron chi connectivity index (χ0n) is 16.7. The molecule has 2 aromatic carbocycles. The second-order valence-corrected chi connectivity index (χ2v) is 6.90. The molecule has 0 radical (unpaired) electrons. The van der Waals surface area contributed by atoms with Gasteiger partial charge in [0, 0.05) is 0 Å². The predicted octanol–water partition coefficient (Wildman–Crippen LogP) is 3.51. The number of rotatable bonds is 6. The molecule has 1 heterocycles. The number of nitrogens with zero attached hydrogens (tertiary/aromatic N) is 1. The Balaban J connectivity index is 1.80. The van der Waals surface area contributed by atoms with Crippen LogP contribution in [0.2, 0.25) is 0 Å². The zero-order chi connectivity index (χ0) is 22.8. The number of amides is 4. The average molecular weight is 435 g/mol. The molecule has 10 heteroatoms. The molecule has 2 aromatic rings. The third-order valence-corrected chi connectivity index (χ3v) is 5.10. The lowest BCUT2D eigenvalue weighted by Crippen LogP contribution is -2.44. The number of halogens is 3. The molecule has 0 spiro atoms. The molecule has 1 unspecified atom stereocenters. The smallest absolute Gasteiger partial charge is 0.418 e. The van der Waals surface area contributed by atoms with Crippen LogP contribution in [0.1, 0.15) is 24.5 Å². The number of hydrogen-bond donors (Lipinski definition) is 2. The molecule has 2 N–H and O–H groups in total. The molecular weight excluding hydrogens is 415 g/mol. The van der Waals surface area contributed by atoms with Crippen LogP contribution in [0.15, 0.2) is 48.5 Å². The molecule has 1 saturated heterocycles. The lowest BCUT2D eigenvalue weighted by Gasteiger charge is -2.26. The number of alkyl halides is 3. The fraction of sp³-hybridized carbons (Fsp3) is 0.286. The van der Waals surface area contributed by atoms with Gasteiger partial charge in [0.25, 0.3) is 5.91 Å². The van der Waals surface area contributed by atoms with Gasteiger partial charge >= 0.3 is 12.2 Å². The lowest BCUT2D eigenvalue weighted by molar-refractivity contribution is -0.137. The van der Waals surface area contributed by atoms with Crippen LogP contribution in [0, 0.1) is 0 Å². The van der Waals surface area contributed by atoms with Crippen LogP contribution in [0.4, 0.5) is 23.7 Å². The van der Waals surface area contributed by atoms with Gasteiger partial charge in [-0.1, -0.05) is 31.2 Å². The number of nitrogens with one attached hydrogen (secondary N) is 2. The molecule has 3 rings (SSSR count). The molecule has 7 nitrogen and oxygen atoms in total. The Labute approximate surface area is 176 Å². The van der Waals surface area contributed by atoms with Crippen LogP contribution in [-0.4, -0.2) is 36.4 Å². The van der Waals surface area contributed by atoms with Crippen molar-refractivity contribution in [3.05, 3.63) is 59.7 Å². The molecule has 1 aliphatic heterocycles. The highest BCUT2D eigenvalue weighted by molar-refractivity contribution is 6.10. The summed E-state index contributed by atoms with van der Waals surface area (Å²) in [4.78, 5) is 38.7. The Bertz CT molecular complexity index is 1010. The first-order chi connectivity index (χ1) is 14.6. The molecule has 1 atom stereocenters. The first-order valence-electron chi connectivity index (χ1n) is 9.37. The number of carbonyl (C=O) groups is 3. The third kappa shape index (κ3) is 4.18. The van der Waals surface area contributed by atoms with Gasteiger partial charge in [0.1, 0.15) is 17.8 Å². The highest BCUT2D eigenvalue weighted by Gasteiger charge is 2.51. The van der Waals surface area contributed by atoms with E-state index in [4.69, 9.17) is 4.74 Å². The minimum atomic E-state index is -4.67. The van der Waals surface area contributed by atoms with Crippen molar-refractivity contribution in [2.45, 2.75) is 25.1 Å². The first-order valence-corrected chi connectivity index (χ1v) is 9.37. The van der Waals surface area contributed by atoms with E-state index in [-0.39, 0.29) is 6.42 Å². The Morgan fingerprint density at radius 1 is 1.13 bits per heavy atom. The van der Waals surface area contributed by atoms with Crippen LogP contribution >= 0.6 is 0 Å². The molecule has 4 amide bonds. The summed E-state index contributed by atoms with van der Waals surface area (Å²) in [5.41, 5.74) is -2.36. The molecule has 1 aliphatic rings. The summed E-state index contributed by atoms with van der Waals surface area (Å²) >= 11 is 0. The van der Waals surface area contributed by atoms with Crippen molar-refractivity contribution < 1.29 is 32.3 Å². The molecule has 0 saturated carbocycles. The average Bonchev–Trinajstić information content (AvgIpc) is 2.98. The van der Waals surface area contributed by atoms with E-state index in [0.717, 1.165) is 12.1 Å².